The number of aromatic nitrogens is 2. The molecule has 2 radical (unpaired) electrons. The summed E-state index contributed by atoms with van der Waals surface area (Å²) in [5.74, 6) is -0.511. The molecule has 0 aliphatic heterocycles. The zero-order valence-electron chi connectivity index (χ0n) is 12.2. The highest BCUT2D eigenvalue weighted by atomic mass is 32.2. The Morgan fingerprint density at radius 2 is 2.18 bits per heavy atom. The lowest BCUT2D eigenvalue weighted by atomic mass is 10.1. The van der Waals surface area contributed by atoms with Gasteiger partial charge in [0.25, 0.3) is 0 Å². The number of rotatable bonds is 5. The molecule has 0 atom stereocenters. The molecule has 0 aliphatic rings. The molecule has 0 unspecified atom stereocenters. The van der Waals surface area contributed by atoms with Gasteiger partial charge in [-0.05, 0) is 12.1 Å². The van der Waals surface area contributed by atoms with Crippen LogP contribution in [0.2, 0.25) is 0 Å². The first kappa shape index (κ1) is 16.6. The number of nitrogens with zero attached hydrogens (tertiary/aromatic N) is 3. The van der Waals surface area contributed by atoms with Crippen LogP contribution in [0.4, 0.5) is 5.00 Å². The highest BCUT2D eigenvalue weighted by molar-refractivity contribution is 7.90. The molecular weight excluding hydrogens is 321 g/mol. The summed E-state index contributed by atoms with van der Waals surface area (Å²) in [6, 6.07) is 3.63. The van der Waals surface area contributed by atoms with Gasteiger partial charge in [0.05, 0.1) is 5.75 Å². The highest BCUT2D eigenvalue weighted by Crippen LogP contribution is 2.28. The van der Waals surface area contributed by atoms with Gasteiger partial charge in [-0.25, -0.2) is 8.42 Å². The van der Waals surface area contributed by atoms with E-state index in [9.17, 15) is 13.2 Å². The van der Waals surface area contributed by atoms with Crippen LogP contribution >= 0.6 is 11.3 Å². The van der Waals surface area contributed by atoms with Gasteiger partial charge in [0.1, 0.15) is 27.7 Å². The number of hydrogen-bond acceptors (Lipinski definition) is 6. The molecule has 2 heterocycles. The second-order valence-electron chi connectivity index (χ2n) is 4.78. The van der Waals surface area contributed by atoms with Crippen molar-refractivity contribution in [3.8, 4) is 10.6 Å². The quantitative estimate of drug-likeness (QED) is 0.739. The Labute approximate surface area is 134 Å². The lowest BCUT2D eigenvalue weighted by Gasteiger charge is -2.15. The van der Waals surface area contributed by atoms with Gasteiger partial charge in [-0.2, -0.15) is 0 Å². The maximum atomic E-state index is 12.1. The van der Waals surface area contributed by atoms with Gasteiger partial charge >= 0.3 is 0 Å². The average Bonchev–Trinajstić information content (AvgIpc) is 2.86. The molecule has 2 aromatic heterocycles. The Morgan fingerprint density at radius 3 is 2.77 bits per heavy atom. The van der Waals surface area contributed by atoms with Crippen molar-refractivity contribution in [1.29, 1.82) is 0 Å². The minimum absolute atomic E-state index is 0.0884. The summed E-state index contributed by atoms with van der Waals surface area (Å²) in [7, 11) is 4.24. The zero-order valence-corrected chi connectivity index (χ0v) is 13.8. The Hall–Kier alpha value is -1.74. The molecule has 0 bridgehead atoms. The van der Waals surface area contributed by atoms with Crippen molar-refractivity contribution >= 4 is 45.5 Å². The van der Waals surface area contributed by atoms with Crippen LogP contribution in [0.3, 0.4) is 0 Å². The standard InChI is InChI=1S/C13H14BN3O3S2/c1-17(10(18)5-7-22(2,19)20)13-11(14)16-12(21-13)9-4-3-6-15-8-9/h3-4,6,8H,5,7H2,1-2H3. The molecule has 0 fully saturated rings. The summed E-state index contributed by atoms with van der Waals surface area (Å²) in [6.07, 6.45) is 4.33. The second kappa shape index (κ2) is 6.57. The SMILES string of the molecule is [B]c1nc(-c2cccnc2)sc1N(C)C(=O)CCS(C)(=O)=O. The summed E-state index contributed by atoms with van der Waals surface area (Å²) in [5.41, 5.74) is 1.04. The van der Waals surface area contributed by atoms with Crippen LogP contribution in [-0.4, -0.2) is 51.2 Å². The third kappa shape index (κ3) is 4.14. The molecule has 9 heteroatoms. The number of pyridine rings is 1. The zero-order chi connectivity index (χ0) is 16.3. The summed E-state index contributed by atoms with van der Waals surface area (Å²) >= 11 is 1.26. The molecule has 0 spiro atoms. The van der Waals surface area contributed by atoms with Crippen LogP contribution in [-0.2, 0) is 14.6 Å². The topological polar surface area (TPSA) is 80.2 Å². The van der Waals surface area contributed by atoms with Crippen LogP contribution in [0.15, 0.2) is 24.5 Å². The Morgan fingerprint density at radius 1 is 1.45 bits per heavy atom. The van der Waals surface area contributed by atoms with Crippen LogP contribution in [0.1, 0.15) is 6.42 Å². The van der Waals surface area contributed by atoms with E-state index in [0.717, 1.165) is 11.8 Å². The molecule has 0 saturated carbocycles. The van der Waals surface area contributed by atoms with Gasteiger partial charge in [-0.3, -0.25) is 14.8 Å². The number of carbonyl (C=O) groups excluding carboxylic acids is 1. The first-order chi connectivity index (χ1) is 10.3. The molecule has 1 amide bonds. The van der Waals surface area contributed by atoms with Crippen LogP contribution in [0, 0.1) is 0 Å². The summed E-state index contributed by atoms with van der Waals surface area (Å²) in [4.78, 5) is 21.7. The van der Waals surface area contributed by atoms with Crippen molar-refractivity contribution in [3.63, 3.8) is 0 Å². The number of hydrogen-bond donors (Lipinski definition) is 0. The molecule has 0 saturated heterocycles. The number of carbonyl (C=O) groups is 1. The van der Waals surface area contributed by atoms with Crippen molar-refractivity contribution in [2.24, 2.45) is 0 Å². The summed E-state index contributed by atoms with van der Waals surface area (Å²) < 4.78 is 22.3. The van der Waals surface area contributed by atoms with Crippen molar-refractivity contribution in [2.45, 2.75) is 6.42 Å². The van der Waals surface area contributed by atoms with Gasteiger partial charge in [-0.1, -0.05) is 11.3 Å². The fourth-order valence-electron chi connectivity index (χ4n) is 1.73. The van der Waals surface area contributed by atoms with E-state index in [-0.39, 0.29) is 23.7 Å². The molecule has 2 aromatic rings. The molecule has 0 aliphatic carbocycles. The summed E-state index contributed by atoms with van der Waals surface area (Å²) in [5, 5.41) is 1.15. The van der Waals surface area contributed by atoms with Gasteiger partial charge in [0.2, 0.25) is 5.91 Å². The minimum atomic E-state index is -3.18. The summed E-state index contributed by atoms with van der Waals surface area (Å²) in [6.45, 7) is 0. The van der Waals surface area contributed by atoms with Gasteiger partial charge < -0.3 is 4.90 Å². The van der Waals surface area contributed by atoms with Crippen molar-refractivity contribution in [2.75, 3.05) is 24.0 Å². The first-order valence-corrected chi connectivity index (χ1v) is 9.26. The van der Waals surface area contributed by atoms with E-state index in [1.807, 2.05) is 6.07 Å². The minimum Gasteiger partial charge on any atom is -0.306 e. The van der Waals surface area contributed by atoms with E-state index in [4.69, 9.17) is 7.85 Å². The predicted molar refractivity (Wildman–Crippen MR) is 88.5 cm³/mol. The lowest BCUT2D eigenvalue weighted by molar-refractivity contribution is -0.117. The monoisotopic (exact) mass is 335 g/mol. The first-order valence-electron chi connectivity index (χ1n) is 6.39. The van der Waals surface area contributed by atoms with E-state index >= 15 is 0 Å². The molecule has 6 nitrogen and oxygen atoms in total. The largest absolute Gasteiger partial charge is 0.306 e. The van der Waals surface area contributed by atoms with Gasteiger partial charge in [0.15, 0.2) is 0 Å². The molecule has 0 N–H and O–H groups in total. The fraction of sp³-hybridized carbons (Fsp3) is 0.308. The molecule has 114 valence electrons. The Kier molecular flexibility index (Phi) is 4.97. The number of anilines is 1. The van der Waals surface area contributed by atoms with E-state index in [2.05, 4.69) is 9.97 Å². The Balaban J connectivity index is 2.19. The van der Waals surface area contributed by atoms with Crippen molar-refractivity contribution in [3.05, 3.63) is 24.5 Å². The van der Waals surface area contributed by atoms with Gasteiger partial charge in [0, 0.05) is 43.3 Å². The van der Waals surface area contributed by atoms with E-state index < -0.39 is 9.84 Å². The normalized spacial score (nSPS) is 11.4. The lowest BCUT2D eigenvalue weighted by Crippen LogP contribution is -2.30. The fourth-order valence-corrected chi connectivity index (χ4v) is 3.23. The van der Waals surface area contributed by atoms with Gasteiger partial charge in [-0.15, -0.1) is 0 Å². The molecular formula is C13H14BN3O3S2. The smallest absolute Gasteiger partial charge is 0.228 e. The predicted octanol–water partition coefficient (Wildman–Crippen LogP) is 0.396. The van der Waals surface area contributed by atoms with E-state index in [1.54, 1.807) is 25.5 Å². The third-order valence-corrected chi connectivity index (χ3v) is 5.05. The van der Waals surface area contributed by atoms with Crippen LogP contribution in [0.25, 0.3) is 10.6 Å². The highest BCUT2D eigenvalue weighted by Gasteiger charge is 2.19. The van der Waals surface area contributed by atoms with Crippen LogP contribution in [0.5, 0.6) is 0 Å². The maximum absolute atomic E-state index is 12.1. The van der Waals surface area contributed by atoms with E-state index in [0.29, 0.717) is 10.0 Å². The molecule has 22 heavy (non-hydrogen) atoms. The number of thiazole rings is 1. The maximum Gasteiger partial charge on any atom is 0.228 e. The van der Waals surface area contributed by atoms with E-state index in [1.165, 1.54) is 16.2 Å². The Bertz CT molecular complexity index is 775. The number of amides is 1. The third-order valence-electron chi connectivity index (χ3n) is 2.91. The molecule has 0 aromatic carbocycles. The van der Waals surface area contributed by atoms with Crippen LogP contribution < -0.4 is 10.5 Å². The van der Waals surface area contributed by atoms with Crippen molar-refractivity contribution < 1.29 is 13.2 Å². The molecule has 2 rings (SSSR count). The van der Waals surface area contributed by atoms with Crippen molar-refractivity contribution in [1.82, 2.24) is 9.97 Å². The number of sulfone groups is 1. The average molecular weight is 335 g/mol. The second-order valence-corrected chi connectivity index (χ2v) is 8.02.